The SMILES string of the molecule is CCn1ncc(CNC2CC(=O)N(CCc3cccc(Cl)c3)C2)c1C. The number of aryl methyl sites for hydroxylation is 1. The van der Waals surface area contributed by atoms with Crippen LogP contribution in [0.3, 0.4) is 0 Å². The molecule has 1 aromatic heterocycles. The van der Waals surface area contributed by atoms with Gasteiger partial charge in [-0.05, 0) is 38.0 Å². The van der Waals surface area contributed by atoms with E-state index in [9.17, 15) is 4.79 Å². The lowest BCUT2D eigenvalue weighted by Crippen LogP contribution is -2.33. The third-order valence-corrected chi connectivity index (χ3v) is 5.09. The normalized spacial score (nSPS) is 17.5. The van der Waals surface area contributed by atoms with Gasteiger partial charge in [0.05, 0.1) is 6.20 Å². The Morgan fingerprint density at radius 2 is 2.24 bits per heavy atom. The van der Waals surface area contributed by atoms with Gasteiger partial charge in [0.25, 0.3) is 0 Å². The zero-order chi connectivity index (χ0) is 17.8. The fourth-order valence-corrected chi connectivity index (χ4v) is 3.53. The molecule has 1 saturated heterocycles. The fourth-order valence-electron chi connectivity index (χ4n) is 3.31. The number of nitrogens with one attached hydrogen (secondary N) is 1. The van der Waals surface area contributed by atoms with Crippen molar-refractivity contribution in [1.82, 2.24) is 20.0 Å². The van der Waals surface area contributed by atoms with E-state index in [1.54, 1.807) is 0 Å². The molecule has 0 radical (unpaired) electrons. The molecule has 6 heteroatoms. The number of likely N-dealkylation sites (tertiary alicyclic amines) is 1. The number of rotatable bonds is 7. The minimum absolute atomic E-state index is 0.205. The quantitative estimate of drug-likeness (QED) is 0.826. The van der Waals surface area contributed by atoms with Crippen LogP contribution >= 0.6 is 11.6 Å². The number of hydrogen-bond acceptors (Lipinski definition) is 3. The highest BCUT2D eigenvalue weighted by atomic mass is 35.5. The highest BCUT2D eigenvalue weighted by Crippen LogP contribution is 2.16. The van der Waals surface area contributed by atoms with Crippen LogP contribution in [0.25, 0.3) is 0 Å². The number of amides is 1. The predicted molar refractivity (Wildman–Crippen MR) is 99.6 cm³/mol. The van der Waals surface area contributed by atoms with E-state index >= 15 is 0 Å². The largest absolute Gasteiger partial charge is 0.341 e. The number of hydrogen-bond donors (Lipinski definition) is 1. The Morgan fingerprint density at radius 1 is 1.40 bits per heavy atom. The highest BCUT2D eigenvalue weighted by Gasteiger charge is 2.28. The van der Waals surface area contributed by atoms with Crippen molar-refractivity contribution in [2.24, 2.45) is 0 Å². The first-order valence-corrected chi connectivity index (χ1v) is 9.21. The van der Waals surface area contributed by atoms with Crippen molar-refractivity contribution in [2.75, 3.05) is 13.1 Å². The topological polar surface area (TPSA) is 50.2 Å². The molecule has 1 unspecified atom stereocenters. The van der Waals surface area contributed by atoms with Gasteiger partial charge in [0.15, 0.2) is 0 Å². The monoisotopic (exact) mass is 360 g/mol. The van der Waals surface area contributed by atoms with Gasteiger partial charge in [0.1, 0.15) is 0 Å². The van der Waals surface area contributed by atoms with Gasteiger partial charge in [-0.1, -0.05) is 23.7 Å². The van der Waals surface area contributed by atoms with Crippen molar-refractivity contribution < 1.29 is 4.79 Å². The van der Waals surface area contributed by atoms with Crippen molar-refractivity contribution in [3.8, 4) is 0 Å². The van der Waals surface area contributed by atoms with Gasteiger partial charge in [0, 0.05) is 54.9 Å². The Balaban J connectivity index is 1.49. The highest BCUT2D eigenvalue weighted by molar-refractivity contribution is 6.30. The van der Waals surface area contributed by atoms with Crippen molar-refractivity contribution in [1.29, 1.82) is 0 Å². The van der Waals surface area contributed by atoms with E-state index in [-0.39, 0.29) is 11.9 Å². The van der Waals surface area contributed by atoms with Gasteiger partial charge in [-0.3, -0.25) is 9.48 Å². The first-order valence-electron chi connectivity index (χ1n) is 8.83. The van der Waals surface area contributed by atoms with E-state index in [1.165, 1.54) is 16.8 Å². The fraction of sp³-hybridized carbons (Fsp3) is 0.474. The molecule has 1 N–H and O–H groups in total. The van der Waals surface area contributed by atoms with Crippen molar-refractivity contribution in [2.45, 2.75) is 45.8 Å². The molecule has 134 valence electrons. The molecule has 1 aliphatic rings. The van der Waals surface area contributed by atoms with Gasteiger partial charge < -0.3 is 10.2 Å². The molecule has 0 spiro atoms. The molecule has 0 bridgehead atoms. The lowest BCUT2D eigenvalue weighted by molar-refractivity contribution is -0.127. The second kappa shape index (κ2) is 8.02. The Kier molecular flexibility index (Phi) is 5.76. The van der Waals surface area contributed by atoms with Gasteiger partial charge >= 0.3 is 0 Å². The van der Waals surface area contributed by atoms with Gasteiger partial charge in [-0.2, -0.15) is 5.10 Å². The lowest BCUT2D eigenvalue weighted by Gasteiger charge is -2.17. The van der Waals surface area contributed by atoms with Crippen LogP contribution in [-0.2, 0) is 24.3 Å². The van der Waals surface area contributed by atoms with E-state index in [0.29, 0.717) is 6.42 Å². The van der Waals surface area contributed by atoms with E-state index in [4.69, 9.17) is 11.6 Å². The average molecular weight is 361 g/mol. The van der Waals surface area contributed by atoms with E-state index < -0.39 is 0 Å². The molecule has 1 aliphatic heterocycles. The maximum absolute atomic E-state index is 12.2. The summed E-state index contributed by atoms with van der Waals surface area (Å²) in [6, 6.07) is 8.04. The molecule has 1 amide bonds. The Hall–Kier alpha value is -1.85. The van der Waals surface area contributed by atoms with E-state index in [2.05, 4.69) is 30.3 Å². The summed E-state index contributed by atoms with van der Waals surface area (Å²) in [4.78, 5) is 14.2. The number of carbonyl (C=O) groups is 1. The molecule has 2 aromatic rings. The lowest BCUT2D eigenvalue weighted by atomic mass is 10.1. The molecule has 1 fully saturated rings. The van der Waals surface area contributed by atoms with Crippen LogP contribution in [0.1, 0.15) is 30.2 Å². The van der Waals surface area contributed by atoms with Crippen LogP contribution in [0.2, 0.25) is 5.02 Å². The van der Waals surface area contributed by atoms with Gasteiger partial charge in [-0.15, -0.1) is 0 Å². The van der Waals surface area contributed by atoms with Crippen molar-refractivity contribution in [3.05, 3.63) is 52.3 Å². The second-order valence-corrected chi connectivity index (χ2v) is 7.01. The third-order valence-electron chi connectivity index (χ3n) is 4.86. The van der Waals surface area contributed by atoms with Crippen LogP contribution in [0.15, 0.2) is 30.5 Å². The number of benzene rings is 1. The second-order valence-electron chi connectivity index (χ2n) is 6.57. The Labute approximate surface area is 154 Å². The Morgan fingerprint density at radius 3 is 2.96 bits per heavy atom. The van der Waals surface area contributed by atoms with Crippen LogP contribution in [0.4, 0.5) is 0 Å². The molecule has 1 aromatic carbocycles. The maximum Gasteiger partial charge on any atom is 0.224 e. The first kappa shape index (κ1) is 18.0. The predicted octanol–water partition coefficient (Wildman–Crippen LogP) is 2.80. The van der Waals surface area contributed by atoms with E-state index in [0.717, 1.165) is 37.6 Å². The molecular formula is C19H25ClN4O. The molecule has 1 atom stereocenters. The molecule has 25 heavy (non-hydrogen) atoms. The zero-order valence-electron chi connectivity index (χ0n) is 14.8. The van der Waals surface area contributed by atoms with Crippen LogP contribution in [-0.4, -0.2) is 39.7 Å². The summed E-state index contributed by atoms with van der Waals surface area (Å²) in [6.45, 7) is 7.32. The molecular weight excluding hydrogens is 336 g/mol. The Bertz CT molecular complexity index is 743. The summed E-state index contributed by atoms with van der Waals surface area (Å²) in [5, 5.41) is 8.62. The van der Waals surface area contributed by atoms with Gasteiger partial charge in [0.2, 0.25) is 5.91 Å². The third kappa shape index (κ3) is 4.41. The zero-order valence-corrected chi connectivity index (χ0v) is 15.6. The minimum atomic E-state index is 0.205. The van der Waals surface area contributed by atoms with Crippen molar-refractivity contribution >= 4 is 17.5 Å². The number of carbonyl (C=O) groups excluding carboxylic acids is 1. The standard InChI is InChI=1S/C19H25ClN4O/c1-3-24-14(2)16(12-22-24)11-21-18-10-19(25)23(13-18)8-7-15-5-4-6-17(20)9-15/h4-6,9,12,18,21H,3,7-8,10-11,13H2,1-2H3. The molecule has 5 nitrogen and oxygen atoms in total. The van der Waals surface area contributed by atoms with Crippen LogP contribution in [0, 0.1) is 6.92 Å². The number of aromatic nitrogens is 2. The maximum atomic E-state index is 12.2. The summed E-state index contributed by atoms with van der Waals surface area (Å²) >= 11 is 6.02. The first-order chi connectivity index (χ1) is 12.1. The average Bonchev–Trinajstić information content (AvgIpc) is 3.13. The summed E-state index contributed by atoms with van der Waals surface area (Å²) in [7, 11) is 0. The summed E-state index contributed by atoms with van der Waals surface area (Å²) in [6.07, 6.45) is 3.32. The summed E-state index contributed by atoms with van der Waals surface area (Å²) in [5.41, 5.74) is 3.56. The number of halogens is 1. The van der Waals surface area contributed by atoms with Crippen LogP contribution in [0.5, 0.6) is 0 Å². The molecule has 0 saturated carbocycles. The molecule has 3 rings (SSSR count). The molecule has 0 aliphatic carbocycles. The van der Waals surface area contributed by atoms with Gasteiger partial charge in [-0.25, -0.2) is 0 Å². The summed E-state index contributed by atoms with van der Waals surface area (Å²) in [5.74, 6) is 0.223. The summed E-state index contributed by atoms with van der Waals surface area (Å²) < 4.78 is 1.99. The minimum Gasteiger partial charge on any atom is -0.341 e. The van der Waals surface area contributed by atoms with Crippen LogP contribution < -0.4 is 5.32 Å². The van der Waals surface area contributed by atoms with E-state index in [1.807, 2.05) is 34.0 Å². The molecule has 2 heterocycles. The smallest absolute Gasteiger partial charge is 0.224 e. The number of nitrogens with zero attached hydrogens (tertiary/aromatic N) is 3. The van der Waals surface area contributed by atoms with Crippen molar-refractivity contribution in [3.63, 3.8) is 0 Å².